The molecule has 2 aliphatic heterocycles. The lowest BCUT2D eigenvalue weighted by molar-refractivity contribution is 0.0700. The molecule has 1 unspecified atom stereocenters. The van der Waals surface area contributed by atoms with E-state index in [0.29, 0.717) is 0 Å². The fourth-order valence-corrected chi connectivity index (χ4v) is 3.33. The largest absolute Gasteiger partial charge is 0.346 e. The first-order valence-corrected chi connectivity index (χ1v) is 6.95. The molecule has 20 heavy (non-hydrogen) atoms. The molecule has 2 aromatic carbocycles. The second-order valence-corrected chi connectivity index (χ2v) is 5.51. The number of carbonyl (C=O) groups excluding carboxylic acids is 1. The fraction of sp³-hybridized carbons (Fsp3) is 0.235. The Labute approximate surface area is 118 Å². The van der Waals surface area contributed by atoms with E-state index in [4.69, 9.17) is 0 Å². The zero-order valence-electron chi connectivity index (χ0n) is 11.4. The Bertz CT molecular complexity index is 695. The van der Waals surface area contributed by atoms with Crippen molar-refractivity contribution >= 4 is 11.6 Å². The molecule has 0 N–H and O–H groups in total. The minimum absolute atomic E-state index is 0.126. The van der Waals surface area contributed by atoms with Gasteiger partial charge in [-0.3, -0.25) is 4.79 Å². The molecule has 0 fully saturated rings. The van der Waals surface area contributed by atoms with Crippen LogP contribution in [-0.4, -0.2) is 24.0 Å². The van der Waals surface area contributed by atoms with Crippen LogP contribution >= 0.6 is 0 Å². The van der Waals surface area contributed by atoms with Crippen LogP contribution in [0.5, 0.6) is 0 Å². The molecular formula is C17H16N2O. The molecule has 0 aromatic heterocycles. The third kappa shape index (κ3) is 1.49. The van der Waals surface area contributed by atoms with Crippen molar-refractivity contribution in [3.63, 3.8) is 0 Å². The number of hydrogen-bond acceptors (Lipinski definition) is 2. The molecular weight excluding hydrogens is 248 g/mol. The van der Waals surface area contributed by atoms with Crippen LogP contribution in [0.25, 0.3) is 0 Å². The summed E-state index contributed by atoms with van der Waals surface area (Å²) in [5, 5.41) is 0. The van der Waals surface area contributed by atoms with Crippen molar-refractivity contribution < 1.29 is 4.79 Å². The van der Waals surface area contributed by atoms with Crippen molar-refractivity contribution in [3.05, 3.63) is 65.2 Å². The Kier molecular flexibility index (Phi) is 2.36. The molecule has 0 bridgehead atoms. The molecule has 3 nitrogen and oxygen atoms in total. The number of nitrogens with zero attached hydrogens (tertiary/aromatic N) is 2. The molecule has 0 saturated carbocycles. The number of hydrogen-bond donors (Lipinski definition) is 0. The lowest BCUT2D eigenvalue weighted by Gasteiger charge is -2.47. The van der Waals surface area contributed by atoms with Crippen LogP contribution in [0, 0.1) is 0 Å². The van der Waals surface area contributed by atoms with Gasteiger partial charge in [-0.1, -0.05) is 36.4 Å². The van der Waals surface area contributed by atoms with Gasteiger partial charge in [0.15, 0.2) is 0 Å². The normalized spacial score (nSPS) is 20.2. The first-order chi connectivity index (χ1) is 9.75. The molecule has 1 atom stereocenters. The average molecular weight is 264 g/mol. The van der Waals surface area contributed by atoms with Gasteiger partial charge < -0.3 is 9.80 Å². The lowest BCUT2D eigenvalue weighted by Crippen LogP contribution is -2.56. The second kappa shape index (κ2) is 4.10. The van der Waals surface area contributed by atoms with Crippen molar-refractivity contribution in [1.82, 2.24) is 4.90 Å². The van der Waals surface area contributed by atoms with Gasteiger partial charge in [0.1, 0.15) is 6.17 Å². The fourth-order valence-electron chi connectivity index (χ4n) is 3.33. The van der Waals surface area contributed by atoms with E-state index in [0.717, 1.165) is 24.2 Å². The highest BCUT2D eigenvalue weighted by molar-refractivity contribution is 6.01. The molecule has 2 heterocycles. The van der Waals surface area contributed by atoms with Crippen LogP contribution in [0.15, 0.2) is 48.5 Å². The minimum Gasteiger partial charge on any atom is -0.346 e. The van der Waals surface area contributed by atoms with E-state index in [2.05, 4.69) is 35.2 Å². The van der Waals surface area contributed by atoms with Crippen molar-refractivity contribution in [3.8, 4) is 0 Å². The molecule has 3 heteroatoms. The van der Waals surface area contributed by atoms with Gasteiger partial charge in [-0.15, -0.1) is 0 Å². The molecule has 100 valence electrons. The van der Waals surface area contributed by atoms with Crippen molar-refractivity contribution in [2.24, 2.45) is 0 Å². The summed E-state index contributed by atoms with van der Waals surface area (Å²) in [7, 11) is 1.91. The number of fused-ring (bicyclic) bond motifs is 4. The summed E-state index contributed by atoms with van der Waals surface area (Å²) in [6.45, 7) is 0.871. The van der Waals surface area contributed by atoms with E-state index in [1.807, 2.05) is 30.1 Å². The van der Waals surface area contributed by atoms with Gasteiger partial charge in [-0.05, 0) is 23.3 Å². The van der Waals surface area contributed by atoms with Crippen molar-refractivity contribution in [1.29, 1.82) is 0 Å². The van der Waals surface area contributed by atoms with Crippen LogP contribution < -0.4 is 4.90 Å². The first kappa shape index (κ1) is 11.5. The van der Waals surface area contributed by atoms with Gasteiger partial charge in [0.25, 0.3) is 5.91 Å². The SMILES string of the molecule is CN1C(=O)c2ccccc2N2Cc3ccccc3CC12. The van der Waals surface area contributed by atoms with E-state index in [-0.39, 0.29) is 12.1 Å². The van der Waals surface area contributed by atoms with Crippen LogP contribution in [0.1, 0.15) is 21.5 Å². The van der Waals surface area contributed by atoms with E-state index in [1.54, 1.807) is 0 Å². The van der Waals surface area contributed by atoms with Gasteiger partial charge in [0.2, 0.25) is 0 Å². The average Bonchev–Trinajstić information content (AvgIpc) is 2.51. The monoisotopic (exact) mass is 264 g/mol. The van der Waals surface area contributed by atoms with E-state index in [1.165, 1.54) is 11.1 Å². The third-order valence-electron chi connectivity index (χ3n) is 4.43. The van der Waals surface area contributed by atoms with Crippen LogP contribution in [0.2, 0.25) is 0 Å². The Morgan fingerprint density at radius 3 is 2.55 bits per heavy atom. The molecule has 0 radical (unpaired) electrons. The molecule has 2 aromatic rings. The smallest absolute Gasteiger partial charge is 0.257 e. The number of rotatable bonds is 0. The second-order valence-electron chi connectivity index (χ2n) is 5.51. The van der Waals surface area contributed by atoms with Crippen LogP contribution in [0.4, 0.5) is 5.69 Å². The summed E-state index contributed by atoms with van der Waals surface area (Å²) in [5.41, 5.74) is 4.59. The molecule has 0 aliphatic carbocycles. The van der Waals surface area contributed by atoms with E-state index >= 15 is 0 Å². The Morgan fingerprint density at radius 1 is 1.00 bits per heavy atom. The number of carbonyl (C=O) groups is 1. The van der Waals surface area contributed by atoms with Crippen molar-refractivity contribution in [2.45, 2.75) is 19.1 Å². The summed E-state index contributed by atoms with van der Waals surface area (Å²) in [5.74, 6) is 0.126. The third-order valence-corrected chi connectivity index (χ3v) is 4.43. The molecule has 0 saturated heterocycles. The van der Waals surface area contributed by atoms with E-state index < -0.39 is 0 Å². The summed E-state index contributed by atoms with van der Waals surface area (Å²) in [6, 6.07) is 16.4. The Balaban J connectivity index is 1.86. The molecule has 0 spiro atoms. The lowest BCUT2D eigenvalue weighted by atomic mass is 9.93. The quantitative estimate of drug-likeness (QED) is 0.730. The maximum atomic E-state index is 12.5. The zero-order valence-corrected chi connectivity index (χ0v) is 11.4. The van der Waals surface area contributed by atoms with Gasteiger partial charge in [0.05, 0.1) is 11.3 Å². The van der Waals surface area contributed by atoms with Crippen LogP contribution in [0.3, 0.4) is 0 Å². The topological polar surface area (TPSA) is 23.6 Å². The molecule has 2 aliphatic rings. The first-order valence-electron chi connectivity index (χ1n) is 6.95. The van der Waals surface area contributed by atoms with Crippen LogP contribution in [-0.2, 0) is 13.0 Å². The zero-order chi connectivity index (χ0) is 13.7. The number of anilines is 1. The predicted molar refractivity (Wildman–Crippen MR) is 78.7 cm³/mol. The van der Waals surface area contributed by atoms with Gasteiger partial charge in [-0.2, -0.15) is 0 Å². The standard InChI is InChI=1S/C17H16N2O/c1-18-16-10-12-6-2-3-7-13(12)11-19(16)15-9-5-4-8-14(15)17(18)20/h2-9,16H,10-11H2,1H3. The predicted octanol–water partition coefficient (Wildman–Crippen LogP) is 2.66. The molecule has 1 amide bonds. The number of likely N-dealkylation sites (N-methyl/N-ethyl adjacent to an activating group) is 1. The van der Waals surface area contributed by atoms with E-state index in [9.17, 15) is 4.79 Å². The number of para-hydroxylation sites is 1. The van der Waals surface area contributed by atoms with Gasteiger partial charge >= 0.3 is 0 Å². The highest BCUT2D eigenvalue weighted by Gasteiger charge is 2.37. The Hall–Kier alpha value is -2.29. The highest BCUT2D eigenvalue weighted by atomic mass is 16.2. The summed E-state index contributed by atoms with van der Waals surface area (Å²) >= 11 is 0. The Morgan fingerprint density at radius 2 is 1.70 bits per heavy atom. The van der Waals surface area contributed by atoms with Gasteiger partial charge in [0, 0.05) is 20.0 Å². The number of amides is 1. The summed E-state index contributed by atoms with van der Waals surface area (Å²) < 4.78 is 0. The number of benzene rings is 2. The van der Waals surface area contributed by atoms with Crippen molar-refractivity contribution in [2.75, 3.05) is 11.9 Å². The minimum atomic E-state index is 0.126. The summed E-state index contributed by atoms with van der Waals surface area (Å²) in [4.78, 5) is 16.7. The summed E-state index contributed by atoms with van der Waals surface area (Å²) in [6.07, 6.45) is 1.03. The highest BCUT2D eigenvalue weighted by Crippen LogP contribution is 2.36. The van der Waals surface area contributed by atoms with Gasteiger partial charge in [-0.25, -0.2) is 0 Å². The molecule has 4 rings (SSSR count). The maximum absolute atomic E-state index is 12.5. The maximum Gasteiger partial charge on any atom is 0.257 e.